The van der Waals surface area contributed by atoms with Gasteiger partial charge in [-0.3, -0.25) is 4.79 Å². The van der Waals surface area contributed by atoms with Gasteiger partial charge in [-0.05, 0) is 49.9 Å². The van der Waals surface area contributed by atoms with Crippen LogP contribution < -0.4 is 11.1 Å². The van der Waals surface area contributed by atoms with Crippen molar-refractivity contribution in [2.45, 2.75) is 50.4 Å². The van der Waals surface area contributed by atoms with Crippen molar-refractivity contribution < 1.29 is 4.79 Å². The molecule has 0 bridgehead atoms. The van der Waals surface area contributed by atoms with Gasteiger partial charge in [0.15, 0.2) is 0 Å². The van der Waals surface area contributed by atoms with Crippen LogP contribution in [0.1, 0.15) is 50.5 Å². The normalized spacial score (nSPS) is 15.0. The molecule has 1 aliphatic rings. The molecule has 3 nitrogen and oxygen atoms in total. The molecule has 0 saturated heterocycles. The minimum Gasteiger partial charge on any atom is -0.355 e. The molecule has 1 fully saturated rings. The van der Waals surface area contributed by atoms with E-state index >= 15 is 0 Å². The second-order valence-electron chi connectivity index (χ2n) is 6.02. The van der Waals surface area contributed by atoms with Gasteiger partial charge in [0.05, 0.1) is 0 Å². The summed E-state index contributed by atoms with van der Waals surface area (Å²) >= 11 is 5.93. The van der Waals surface area contributed by atoms with Crippen molar-refractivity contribution in [2.75, 3.05) is 13.1 Å². The molecule has 1 amide bonds. The van der Waals surface area contributed by atoms with E-state index in [9.17, 15) is 4.79 Å². The number of amides is 1. The largest absolute Gasteiger partial charge is 0.355 e. The Bertz CT molecular complexity index is 458. The van der Waals surface area contributed by atoms with Gasteiger partial charge in [0.2, 0.25) is 5.91 Å². The Morgan fingerprint density at radius 1 is 1.14 bits per heavy atom. The summed E-state index contributed by atoms with van der Waals surface area (Å²) in [4.78, 5) is 11.9. The highest BCUT2D eigenvalue weighted by Gasteiger charge is 2.44. The lowest BCUT2D eigenvalue weighted by Crippen LogP contribution is -2.32. The molecule has 124 valence electrons. The van der Waals surface area contributed by atoms with E-state index in [1.54, 1.807) is 0 Å². The summed E-state index contributed by atoms with van der Waals surface area (Å²) in [5.41, 5.74) is 6.89. The first-order valence-corrected chi connectivity index (χ1v) is 8.27. The molecule has 1 saturated carbocycles. The minimum atomic E-state index is 0. The first-order chi connectivity index (χ1) is 10.2. The van der Waals surface area contributed by atoms with Gasteiger partial charge in [-0.25, -0.2) is 0 Å². The number of hydrogen-bond donors (Lipinski definition) is 2. The number of rotatable bonds is 9. The van der Waals surface area contributed by atoms with E-state index in [1.165, 1.54) is 5.56 Å². The number of unbranched alkanes of at least 4 members (excludes halogenated alkanes) is 3. The summed E-state index contributed by atoms with van der Waals surface area (Å²) in [6.45, 7) is 1.49. The van der Waals surface area contributed by atoms with Crippen LogP contribution >= 0.6 is 24.0 Å². The molecule has 0 aliphatic heterocycles. The van der Waals surface area contributed by atoms with Crippen molar-refractivity contribution >= 4 is 29.9 Å². The zero-order chi connectivity index (χ0) is 15.1. The van der Waals surface area contributed by atoms with Crippen molar-refractivity contribution in [3.05, 3.63) is 34.9 Å². The van der Waals surface area contributed by atoms with Gasteiger partial charge in [-0.2, -0.15) is 0 Å². The van der Waals surface area contributed by atoms with E-state index in [0.717, 1.165) is 56.6 Å². The van der Waals surface area contributed by atoms with Crippen molar-refractivity contribution in [1.82, 2.24) is 5.32 Å². The number of carbonyl (C=O) groups excluding carboxylic acids is 1. The molecule has 22 heavy (non-hydrogen) atoms. The van der Waals surface area contributed by atoms with Crippen molar-refractivity contribution in [3.8, 4) is 0 Å². The van der Waals surface area contributed by atoms with E-state index in [1.807, 2.05) is 12.1 Å². The Hall–Kier alpha value is -0.770. The lowest BCUT2D eigenvalue weighted by atomic mass is 9.96. The molecule has 0 unspecified atom stereocenters. The van der Waals surface area contributed by atoms with Crippen LogP contribution in [-0.2, 0) is 10.2 Å². The third kappa shape index (κ3) is 5.79. The van der Waals surface area contributed by atoms with Crippen LogP contribution in [0.4, 0.5) is 0 Å². The highest BCUT2D eigenvalue weighted by molar-refractivity contribution is 6.30. The summed E-state index contributed by atoms with van der Waals surface area (Å²) < 4.78 is 0. The third-order valence-corrected chi connectivity index (χ3v) is 4.54. The summed E-state index contributed by atoms with van der Waals surface area (Å²) in [5, 5.41) is 3.85. The number of carbonyl (C=O) groups is 1. The minimum absolute atomic E-state index is 0. The van der Waals surface area contributed by atoms with Crippen molar-refractivity contribution in [3.63, 3.8) is 0 Å². The van der Waals surface area contributed by atoms with Crippen LogP contribution in [0, 0.1) is 0 Å². The molecule has 5 heteroatoms. The Morgan fingerprint density at radius 3 is 2.36 bits per heavy atom. The number of benzene rings is 1. The van der Waals surface area contributed by atoms with Gasteiger partial charge >= 0.3 is 0 Å². The fourth-order valence-electron chi connectivity index (χ4n) is 2.66. The number of nitrogens with one attached hydrogen (secondary N) is 1. The van der Waals surface area contributed by atoms with Gasteiger partial charge < -0.3 is 11.1 Å². The molecule has 0 radical (unpaired) electrons. The SMILES string of the molecule is Cl.NCCCCCCC(=O)NCC1(c2ccc(Cl)cc2)CC1. The first kappa shape index (κ1) is 19.3. The lowest BCUT2D eigenvalue weighted by Gasteiger charge is -2.16. The van der Waals surface area contributed by atoms with E-state index in [2.05, 4.69) is 17.4 Å². The van der Waals surface area contributed by atoms with Crippen LogP contribution in [-0.4, -0.2) is 19.0 Å². The Labute approximate surface area is 144 Å². The van der Waals surface area contributed by atoms with Crippen molar-refractivity contribution in [2.24, 2.45) is 5.73 Å². The first-order valence-electron chi connectivity index (χ1n) is 7.89. The van der Waals surface area contributed by atoms with Crippen LogP contribution in [0.15, 0.2) is 24.3 Å². The molecule has 0 spiro atoms. The second-order valence-corrected chi connectivity index (χ2v) is 6.45. The van der Waals surface area contributed by atoms with E-state index < -0.39 is 0 Å². The predicted octanol–water partition coefficient (Wildman–Crippen LogP) is 3.82. The molecule has 1 aromatic rings. The molecule has 0 atom stereocenters. The molecule has 1 aliphatic carbocycles. The maximum absolute atomic E-state index is 11.9. The monoisotopic (exact) mass is 344 g/mol. The lowest BCUT2D eigenvalue weighted by molar-refractivity contribution is -0.121. The number of nitrogens with two attached hydrogens (primary N) is 1. The highest BCUT2D eigenvalue weighted by Crippen LogP contribution is 2.47. The topological polar surface area (TPSA) is 55.1 Å². The molecular weight excluding hydrogens is 319 g/mol. The molecule has 0 heterocycles. The fraction of sp³-hybridized carbons (Fsp3) is 0.588. The van der Waals surface area contributed by atoms with Crippen LogP contribution in [0.3, 0.4) is 0 Å². The summed E-state index contributed by atoms with van der Waals surface area (Å²) in [5.74, 6) is 0.169. The number of halogens is 2. The maximum atomic E-state index is 11.9. The molecular formula is C17H26Cl2N2O. The van der Waals surface area contributed by atoms with Crippen LogP contribution in [0.2, 0.25) is 5.02 Å². The van der Waals surface area contributed by atoms with Crippen LogP contribution in [0.5, 0.6) is 0 Å². The van der Waals surface area contributed by atoms with Gasteiger partial charge in [0.25, 0.3) is 0 Å². The number of hydrogen-bond acceptors (Lipinski definition) is 2. The fourth-order valence-corrected chi connectivity index (χ4v) is 2.79. The van der Waals surface area contributed by atoms with Crippen LogP contribution in [0.25, 0.3) is 0 Å². The standard InChI is InChI=1S/C17H25ClN2O.ClH/c18-15-8-6-14(7-9-15)17(10-11-17)13-20-16(21)5-3-1-2-4-12-19;/h6-9H,1-5,10-13,19H2,(H,20,21);1H. The zero-order valence-electron chi connectivity index (χ0n) is 12.9. The van der Waals surface area contributed by atoms with Gasteiger partial charge in [-0.15, -0.1) is 12.4 Å². The molecule has 0 aromatic heterocycles. The zero-order valence-corrected chi connectivity index (χ0v) is 14.5. The molecule has 1 aromatic carbocycles. The molecule has 3 N–H and O–H groups in total. The van der Waals surface area contributed by atoms with E-state index in [0.29, 0.717) is 6.42 Å². The average Bonchev–Trinajstić information content (AvgIpc) is 3.27. The van der Waals surface area contributed by atoms with Crippen molar-refractivity contribution in [1.29, 1.82) is 0 Å². The maximum Gasteiger partial charge on any atom is 0.220 e. The van der Waals surface area contributed by atoms with E-state index in [-0.39, 0.29) is 23.7 Å². The quantitative estimate of drug-likeness (QED) is 0.669. The Morgan fingerprint density at radius 2 is 1.77 bits per heavy atom. The van der Waals surface area contributed by atoms with Gasteiger partial charge in [0, 0.05) is 23.4 Å². The highest BCUT2D eigenvalue weighted by atomic mass is 35.5. The Balaban J connectivity index is 0.00000242. The third-order valence-electron chi connectivity index (χ3n) is 4.29. The molecule has 2 rings (SSSR count). The summed E-state index contributed by atoms with van der Waals surface area (Å²) in [6.07, 6.45) is 7.14. The summed E-state index contributed by atoms with van der Waals surface area (Å²) in [7, 11) is 0. The van der Waals surface area contributed by atoms with Gasteiger partial charge in [-0.1, -0.05) is 36.6 Å². The smallest absolute Gasteiger partial charge is 0.220 e. The summed E-state index contributed by atoms with van der Waals surface area (Å²) in [6, 6.07) is 8.01. The second kappa shape index (κ2) is 9.39. The Kier molecular flexibility index (Phi) is 8.23. The van der Waals surface area contributed by atoms with Gasteiger partial charge in [0.1, 0.15) is 0 Å². The predicted molar refractivity (Wildman–Crippen MR) is 94.8 cm³/mol. The average molecular weight is 345 g/mol. The van der Waals surface area contributed by atoms with E-state index in [4.69, 9.17) is 17.3 Å².